The van der Waals surface area contributed by atoms with Gasteiger partial charge >= 0.3 is 5.97 Å². The molecule has 7 nitrogen and oxygen atoms in total. The number of methoxy groups -OCH3 is 1. The van der Waals surface area contributed by atoms with Crippen LogP contribution >= 0.6 is 0 Å². The Morgan fingerprint density at radius 2 is 2.08 bits per heavy atom. The molecule has 0 spiro atoms. The van der Waals surface area contributed by atoms with E-state index in [-0.39, 0.29) is 0 Å². The molecule has 7 heteroatoms. The molecule has 0 radical (unpaired) electrons. The van der Waals surface area contributed by atoms with Crippen molar-refractivity contribution in [1.29, 1.82) is 0 Å². The standard InChI is InChI=1S/C19H23N3O4/c1-25-14-8-6-12(7-9-14)18-20-17(26-21-18)11-22-15-5-3-2-4-13(15)10-16(22)19(23)24/h6-9,13,15-16H,2-5,10-11H2,1H3,(H,23,24)/t13-,15+,16-/m0/s1. The van der Waals surface area contributed by atoms with Gasteiger partial charge in [0.05, 0.1) is 13.7 Å². The van der Waals surface area contributed by atoms with Crippen LogP contribution in [0, 0.1) is 5.92 Å². The number of rotatable bonds is 5. The van der Waals surface area contributed by atoms with Gasteiger partial charge in [-0.3, -0.25) is 9.69 Å². The van der Waals surface area contributed by atoms with Crippen LogP contribution in [0.4, 0.5) is 0 Å². The number of carbonyl (C=O) groups is 1. The van der Waals surface area contributed by atoms with E-state index in [1.807, 2.05) is 24.3 Å². The predicted molar refractivity (Wildman–Crippen MR) is 93.6 cm³/mol. The molecule has 2 aromatic rings. The molecule has 2 aliphatic rings. The first-order valence-electron chi connectivity index (χ1n) is 9.11. The summed E-state index contributed by atoms with van der Waals surface area (Å²) in [6.45, 7) is 0.390. The molecule has 2 fully saturated rings. The second-order valence-electron chi connectivity index (χ2n) is 7.11. The fourth-order valence-electron chi connectivity index (χ4n) is 4.36. The Labute approximate surface area is 152 Å². The highest BCUT2D eigenvalue weighted by Gasteiger charge is 2.45. The molecule has 1 saturated heterocycles. The third kappa shape index (κ3) is 3.19. The molecule has 0 unspecified atom stereocenters. The second kappa shape index (κ2) is 7.07. The number of aliphatic carboxylic acids is 1. The highest BCUT2D eigenvalue weighted by molar-refractivity contribution is 5.74. The lowest BCUT2D eigenvalue weighted by molar-refractivity contribution is -0.143. The number of benzene rings is 1. The van der Waals surface area contributed by atoms with Gasteiger partial charge in [-0.25, -0.2) is 0 Å². The Balaban J connectivity index is 1.52. The lowest BCUT2D eigenvalue weighted by Crippen LogP contribution is -2.41. The molecular weight excluding hydrogens is 334 g/mol. The molecule has 4 rings (SSSR count). The molecule has 1 aromatic heterocycles. The van der Waals surface area contributed by atoms with Crippen LogP contribution in [0.5, 0.6) is 5.75 Å². The molecule has 1 aromatic carbocycles. The summed E-state index contributed by atoms with van der Waals surface area (Å²) < 4.78 is 10.6. The third-order valence-electron chi connectivity index (χ3n) is 5.64. The average molecular weight is 357 g/mol. The maximum atomic E-state index is 11.7. The Morgan fingerprint density at radius 3 is 2.81 bits per heavy atom. The normalized spacial score (nSPS) is 25.8. The van der Waals surface area contributed by atoms with Gasteiger partial charge in [0, 0.05) is 11.6 Å². The van der Waals surface area contributed by atoms with Crippen LogP contribution in [0.1, 0.15) is 38.0 Å². The Bertz CT molecular complexity index is 773. The largest absolute Gasteiger partial charge is 0.497 e. The van der Waals surface area contributed by atoms with Crippen molar-refractivity contribution in [2.75, 3.05) is 7.11 Å². The summed E-state index contributed by atoms with van der Waals surface area (Å²) in [5.41, 5.74) is 0.840. The number of carboxylic acids is 1. The highest BCUT2D eigenvalue weighted by atomic mass is 16.5. The first-order valence-corrected chi connectivity index (χ1v) is 9.11. The van der Waals surface area contributed by atoms with Gasteiger partial charge in [-0.2, -0.15) is 4.98 Å². The van der Waals surface area contributed by atoms with Gasteiger partial charge in [-0.05, 0) is 49.4 Å². The maximum absolute atomic E-state index is 11.7. The smallest absolute Gasteiger partial charge is 0.320 e. The van der Waals surface area contributed by atoms with E-state index in [1.165, 1.54) is 6.42 Å². The van der Waals surface area contributed by atoms with E-state index in [9.17, 15) is 9.90 Å². The van der Waals surface area contributed by atoms with E-state index >= 15 is 0 Å². The topological polar surface area (TPSA) is 88.7 Å². The molecule has 1 aliphatic carbocycles. The Morgan fingerprint density at radius 1 is 1.31 bits per heavy atom. The minimum atomic E-state index is -0.755. The fourth-order valence-corrected chi connectivity index (χ4v) is 4.36. The molecule has 2 heterocycles. The molecule has 0 bridgehead atoms. The molecule has 1 aliphatic heterocycles. The average Bonchev–Trinajstić information content (AvgIpc) is 3.27. The molecule has 26 heavy (non-hydrogen) atoms. The number of ether oxygens (including phenoxy) is 1. The monoisotopic (exact) mass is 357 g/mol. The van der Waals surface area contributed by atoms with Crippen molar-refractivity contribution in [3.8, 4) is 17.1 Å². The van der Waals surface area contributed by atoms with Crippen LogP contribution in [0.15, 0.2) is 28.8 Å². The van der Waals surface area contributed by atoms with Crippen LogP contribution in [-0.4, -0.2) is 45.3 Å². The number of nitrogens with zero attached hydrogens (tertiary/aromatic N) is 3. The number of carboxylic acid groups (broad SMARTS) is 1. The van der Waals surface area contributed by atoms with Crippen molar-refractivity contribution in [1.82, 2.24) is 15.0 Å². The summed E-state index contributed by atoms with van der Waals surface area (Å²) in [6, 6.07) is 7.29. The molecule has 138 valence electrons. The quantitative estimate of drug-likeness (QED) is 0.880. The van der Waals surface area contributed by atoms with Crippen LogP contribution in [0.25, 0.3) is 11.4 Å². The number of fused-ring (bicyclic) bond motifs is 1. The van der Waals surface area contributed by atoms with E-state index < -0.39 is 12.0 Å². The molecular formula is C19H23N3O4. The number of aromatic nitrogens is 2. The van der Waals surface area contributed by atoms with E-state index in [1.54, 1.807) is 7.11 Å². The predicted octanol–water partition coefficient (Wildman–Crippen LogP) is 2.96. The van der Waals surface area contributed by atoms with E-state index in [2.05, 4.69) is 15.0 Å². The van der Waals surface area contributed by atoms with Crippen molar-refractivity contribution in [3.63, 3.8) is 0 Å². The zero-order valence-electron chi connectivity index (χ0n) is 14.8. The van der Waals surface area contributed by atoms with Crippen molar-refractivity contribution in [2.24, 2.45) is 5.92 Å². The van der Waals surface area contributed by atoms with Gasteiger partial charge in [0.15, 0.2) is 0 Å². The minimum Gasteiger partial charge on any atom is -0.497 e. The Kier molecular flexibility index (Phi) is 4.63. The van der Waals surface area contributed by atoms with Crippen molar-refractivity contribution < 1.29 is 19.2 Å². The molecule has 1 saturated carbocycles. The van der Waals surface area contributed by atoms with Crippen molar-refractivity contribution >= 4 is 5.97 Å². The van der Waals surface area contributed by atoms with Gasteiger partial charge in [0.1, 0.15) is 11.8 Å². The summed E-state index contributed by atoms with van der Waals surface area (Å²) in [5.74, 6) is 1.45. The van der Waals surface area contributed by atoms with Crippen LogP contribution in [0.3, 0.4) is 0 Å². The van der Waals surface area contributed by atoms with E-state index in [0.29, 0.717) is 30.2 Å². The maximum Gasteiger partial charge on any atom is 0.320 e. The summed E-state index contributed by atoms with van der Waals surface area (Å²) in [4.78, 5) is 18.2. The van der Waals surface area contributed by atoms with Crippen molar-refractivity contribution in [2.45, 2.75) is 50.7 Å². The van der Waals surface area contributed by atoms with Crippen molar-refractivity contribution in [3.05, 3.63) is 30.2 Å². The summed E-state index contributed by atoms with van der Waals surface area (Å²) in [7, 11) is 1.62. The zero-order chi connectivity index (χ0) is 18.1. The van der Waals surface area contributed by atoms with E-state index in [0.717, 1.165) is 37.0 Å². The number of likely N-dealkylation sites (tertiary alicyclic amines) is 1. The third-order valence-corrected chi connectivity index (χ3v) is 5.64. The van der Waals surface area contributed by atoms with Crippen LogP contribution in [-0.2, 0) is 11.3 Å². The molecule has 3 atom stereocenters. The molecule has 0 amide bonds. The number of hydrogen-bond acceptors (Lipinski definition) is 6. The van der Waals surface area contributed by atoms with Crippen LogP contribution < -0.4 is 4.74 Å². The van der Waals surface area contributed by atoms with Gasteiger partial charge in [0.2, 0.25) is 11.7 Å². The Hall–Kier alpha value is -2.41. The van der Waals surface area contributed by atoms with E-state index in [4.69, 9.17) is 9.26 Å². The first kappa shape index (κ1) is 17.0. The first-order chi connectivity index (χ1) is 12.7. The molecule has 1 N–H and O–H groups in total. The summed E-state index contributed by atoms with van der Waals surface area (Å²) >= 11 is 0. The minimum absolute atomic E-state index is 0.307. The van der Waals surface area contributed by atoms with Gasteiger partial charge < -0.3 is 14.4 Å². The van der Waals surface area contributed by atoms with Crippen LogP contribution in [0.2, 0.25) is 0 Å². The summed E-state index contributed by atoms with van der Waals surface area (Å²) in [6.07, 6.45) is 5.24. The number of hydrogen-bond donors (Lipinski definition) is 1. The second-order valence-corrected chi connectivity index (χ2v) is 7.11. The lowest BCUT2D eigenvalue weighted by Gasteiger charge is -2.31. The summed E-state index contributed by atoms with van der Waals surface area (Å²) in [5, 5.41) is 13.7. The van der Waals surface area contributed by atoms with Gasteiger partial charge in [-0.1, -0.05) is 18.0 Å². The SMILES string of the molecule is COc1ccc(-c2noc(CN3[C@@H]4CCCC[C@H]4C[C@H]3C(=O)O)n2)cc1. The lowest BCUT2D eigenvalue weighted by atomic mass is 9.85. The fraction of sp³-hybridized carbons (Fsp3) is 0.526. The highest BCUT2D eigenvalue weighted by Crippen LogP contribution is 2.40. The van der Waals surface area contributed by atoms with Gasteiger partial charge in [-0.15, -0.1) is 0 Å². The van der Waals surface area contributed by atoms with Gasteiger partial charge in [0.25, 0.3) is 0 Å². The zero-order valence-corrected chi connectivity index (χ0v) is 14.8.